The van der Waals surface area contributed by atoms with Crippen LogP contribution in [0.15, 0.2) is 0 Å². The molecule has 0 bridgehead atoms. The Bertz CT molecular complexity index is 244. The van der Waals surface area contributed by atoms with Crippen LogP contribution in [0.1, 0.15) is 20.3 Å². The molecule has 0 N–H and O–H groups in total. The van der Waals surface area contributed by atoms with Gasteiger partial charge in [0, 0.05) is 6.42 Å². The molecule has 0 aliphatic heterocycles. The average Bonchev–Trinajstić information content (AvgIpc) is 2.02. The fourth-order valence-corrected chi connectivity index (χ4v) is 0.459. The number of carbonyl (C=O) groups is 1. The highest BCUT2D eigenvalue weighted by Crippen LogP contribution is 1.74. The van der Waals surface area contributed by atoms with Crippen LogP contribution in [0.2, 0.25) is 0 Å². The van der Waals surface area contributed by atoms with Gasteiger partial charge in [0.05, 0.1) is 0 Å². The Hall–Kier alpha value is -1.25. The molecule has 0 radical (unpaired) electrons. The molecule has 2 nitrogen and oxygen atoms in total. The van der Waals surface area contributed by atoms with Crippen molar-refractivity contribution in [2.45, 2.75) is 20.3 Å². The van der Waals surface area contributed by atoms with E-state index in [0.29, 0.717) is 0 Å². The van der Waals surface area contributed by atoms with Crippen LogP contribution in [-0.4, -0.2) is 19.0 Å². The number of ketones is 1. The third-order valence-electron chi connectivity index (χ3n) is 0.896. The van der Waals surface area contributed by atoms with E-state index in [1.54, 1.807) is 0 Å². The molecule has 0 aliphatic rings. The molecule has 12 heavy (non-hydrogen) atoms. The maximum Gasteiger partial charge on any atom is 0.155 e. The van der Waals surface area contributed by atoms with E-state index < -0.39 is 0 Å². The highest BCUT2D eigenvalue weighted by atomic mass is 16.5. The molecule has 0 heterocycles. The summed E-state index contributed by atoms with van der Waals surface area (Å²) in [6, 6.07) is 0. The smallest absolute Gasteiger partial charge is 0.155 e. The number of hydrogen-bond acceptors (Lipinski definition) is 2. The van der Waals surface area contributed by atoms with E-state index in [1.165, 1.54) is 6.92 Å². The third-order valence-corrected chi connectivity index (χ3v) is 0.896. The lowest BCUT2D eigenvalue weighted by Gasteiger charge is -1.91. The van der Waals surface area contributed by atoms with Crippen LogP contribution in [0.4, 0.5) is 0 Å². The van der Waals surface area contributed by atoms with Crippen molar-refractivity contribution in [1.82, 2.24) is 0 Å². The lowest BCUT2D eigenvalue weighted by atomic mass is 10.4. The number of ether oxygens (including phenoxy) is 1. The average molecular weight is 164 g/mol. The first-order valence-electron chi connectivity index (χ1n) is 3.80. The Morgan fingerprint density at radius 2 is 2.00 bits per heavy atom. The standard InChI is InChI=1S/C10H12O2/c1-3-4-5-6-7-8-12-9-10(2)11/h3,8-9H2,1-2H3. The Labute approximate surface area is 73.3 Å². The van der Waals surface area contributed by atoms with Crippen molar-refractivity contribution < 1.29 is 9.53 Å². The van der Waals surface area contributed by atoms with Gasteiger partial charge in [-0.1, -0.05) is 18.8 Å². The molecule has 0 aromatic rings. The Balaban J connectivity index is 3.39. The van der Waals surface area contributed by atoms with E-state index in [0.717, 1.165) is 6.42 Å². The summed E-state index contributed by atoms with van der Waals surface area (Å²) in [5.74, 6) is 10.7. The molecule has 0 spiro atoms. The molecule has 0 rings (SSSR count). The molecule has 64 valence electrons. The number of Topliss-reactive ketones (excluding diaryl/α,β-unsaturated/α-hetero) is 1. The Kier molecular flexibility index (Phi) is 7.03. The van der Waals surface area contributed by atoms with Crippen LogP contribution in [-0.2, 0) is 9.53 Å². The van der Waals surface area contributed by atoms with Crippen LogP contribution in [0.25, 0.3) is 0 Å². The summed E-state index contributed by atoms with van der Waals surface area (Å²) in [6.07, 6.45) is 0.809. The summed E-state index contributed by atoms with van der Waals surface area (Å²) in [4.78, 5) is 10.4. The first-order chi connectivity index (χ1) is 5.77. The first-order valence-corrected chi connectivity index (χ1v) is 3.80. The topological polar surface area (TPSA) is 26.3 Å². The van der Waals surface area contributed by atoms with Gasteiger partial charge in [0.1, 0.15) is 13.2 Å². The molecular weight excluding hydrogens is 152 g/mol. The summed E-state index contributed by atoms with van der Waals surface area (Å²) in [5.41, 5.74) is 0. The maximum absolute atomic E-state index is 10.4. The van der Waals surface area contributed by atoms with Crippen molar-refractivity contribution in [1.29, 1.82) is 0 Å². The van der Waals surface area contributed by atoms with Crippen molar-refractivity contribution in [2.24, 2.45) is 0 Å². The van der Waals surface area contributed by atoms with E-state index in [9.17, 15) is 4.79 Å². The van der Waals surface area contributed by atoms with Gasteiger partial charge in [0.25, 0.3) is 0 Å². The van der Waals surface area contributed by atoms with Crippen LogP contribution in [0.3, 0.4) is 0 Å². The minimum atomic E-state index is 0.0106. The molecule has 0 aliphatic carbocycles. The van der Waals surface area contributed by atoms with Gasteiger partial charge in [-0.25, -0.2) is 0 Å². The highest BCUT2D eigenvalue weighted by molar-refractivity contribution is 5.76. The van der Waals surface area contributed by atoms with E-state index in [4.69, 9.17) is 4.74 Å². The number of hydrogen-bond donors (Lipinski definition) is 0. The summed E-state index contributed by atoms with van der Waals surface area (Å²) >= 11 is 0. The lowest BCUT2D eigenvalue weighted by molar-refractivity contribution is -0.120. The van der Waals surface area contributed by atoms with Gasteiger partial charge in [0.2, 0.25) is 0 Å². The highest BCUT2D eigenvalue weighted by Gasteiger charge is 1.88. The molecule has 0 saturated heterocycles. The molecule has 0 fully saturated rings. The molecule has 0 saturated carbocycles. The van der Waals surface area contributed by atoms with E-state index in [-0.39, 0.29) is 19.0 Å². The summed E-state index contributed by atoms with van der Waals surface area (Å²) in [7, 11) is 0. The maximum atomic E-state index is 10.4. The lowest BCUT2D eigenvalue weighted by Crippen LogP contribution is -2.03. The molecule has 0 aromatic carbocycles. The first kappa shape index (κ1) is 10.8. The fourth-order valence-electron chi connectivity index (χ4n) is 0.459. The van der Waals surface area contributed by atoms with E-state index >= 15 is 0 Å². The minimum absolute atomic E-state index is 0.0106. The van der Waals surface area contributed by atoms with Crippen molar-refractivity contribution in [3.8, 4) is 23.7 Å². The quantitative estimate of drug-likeness (QED) is 0.459. The molecule has 0 aromatic heterocycles. The monoisotopic (exact) mass is 164 g/mol. The van der Waals surface area contributed by atoms with Gasteiger partial charge >= 0.3 is 0 Å². The molecular formula is C10H12O2. The van der Waals surface area contributed by atoms with Crippen molar-refractivity contribution >= 4 is 5.78 Å². The predicted molar refractivity (Wildman–Crippen MR) is 47.3 cm³/mol. The summed E-state index contributed by atoms with van der Waals surface area (Å²) in [6.45, 7) is 3.85. The predicted octanol–water partition coefficient (Wildman–Crippen LogP) is 1.01. The second kappa shape index (κ2) is 7.85. The SMILES string of the molecule is CCC#CC#CCOCC(C)=O. The molecule has 2 heteroatoms. The van der Waals surface area contributed by atoms with Crippen LogP contribution in [0, 0.1) is 23.7 Å². The minimum Gasteiger partial charge on any atom is -0.361 e. The van der Waals surface area contributed by atoms with Crippen LogP contribution < -0.4 is 0 Å². The van der Waals surface area contributed by atoms with E-state index in [1.807, 2.05) is 6.92 Å². The molecule has 0 atom stereocenters. The Morgan fingerprint density at radius 1 is 1.33 bits per heavy atom. The van der Waals surface area contributed by atoms with Crippen molar-refractivity contribution in [3.63, 3.8) is 0 Å². The summed E-state index contributed by atoms with van der Waals surface area (Å²) < 4.78 is 4.88. The van der Waals surface area contributed by atoms with Crippen molar-refractivity contribution in [3.05, 3.63) is 0 Å². The Morgan fingerprint density at radius 3 is 2.58 bits per heavy atom. The van der Waals surface area contributed by atoms with Gasteiger partial charge in [-0.05, 0) is 18.8 Å². The second-order valence-electron chi connectivity index (χ2n) is 2.15. The zero-order valence-corrected chi connectivity index (χ0v) is 7.44. The van der Waals surface area contributed by atoms with Gasteiger partial charge in [-0.15, -0.1) is 0 Å². The fraction of sp³-hybridized carbons (Fsp3) is 0.500. The van der Waals surface area contributed by atoms with Gasteiger partial charge < -0.3 is 4.74 Å². The zero-order valence-electron chi connectivity index (χ0n) is 7.44. The normalized spacial score (nSPS) is 7.50. The molecule has 0 unspecified atom stereocenters. The number of rotatable bonds is 3. The zero-order chi connectivity index (χ0) is 9.23. The van der Waals surface area contributed by atoms with Gasteiger partial charge in [0.15, 0.2) is 5.78 Å². The van der Waals surface area contributed by atoms with E-state index in [2.05, 4.69) is 23.7 Å². The number of carbonyl (C=O) groups excluding carboxylic acids is 1. The van der Waals surface area contributed by atoms with Gasteiger partial charge in [-0.2, -0.15) is 0 Å². The van der Waals surface area contributed by atoms with Crippen molar-refractivity contribution in [2.75, 3.05) is 13.2 Å². The third kappa shape index (κ3) is 8.75. The van der Waals surface area contributed by atoms with Gasteiger partial charge in [-0.3, -0.25) is 4.79 Å². The second-order valence-corrected chi connectivity index (χ2v) is 2.15. The largest absolute Gasteiger partial charge is 0.361 e. The van der Waals surface area contributed by atoms with Crippen LogP contribution >= 0.6 is 0 Å². The van der Waals surface area contributed by atoms with Crippen LogP contribution in [0.5, 0.6) is 0 Å². The molecule has 0 amide bonds. The summed E-state index contributed by atoms with van der Waals surface area (Å²) in [5, 5.41) is 0.